The van der Waals surface area contributed by atoms with Crippen LogP contribution < -0.4 is 49.9 Å². The van der Waals surface area contributed by atoms with E-state index in [4.69, 9.17) is 15.2 Å². The van der Waals surface area contributed by atoms with Crippen molar-refractivity contribution in [3.05, 3.63) is 59.3 Å². The van der Waals surface area contributed by atoms with E-state index >= 15 is 0 Å². The topological polar surface area (TPSA) is 107 Å². The van der Waals surface area contributed by atoms with E-state index in [1.165, 1.54) is 0 Å². The number of carbonyl (C=O) groups excluding carboxylic acids is 2. The van der Waals surface area contributed by atoms with Gasteiger partial charge in [0.05, 0.1) is 24.5 Å². The molecule has 1 heterocycles. The van der Waals surface area contributed by atoms with Crippen LogP contribution in [0.4, 0.5) is 0 Å². The number of fused-ring (bicyclic) bond motifs is 3. The number of carboxylic acid groups (broad SMARTS) is 1. The zero-order valence-electron chi connectivity index (χ0n) is 17.7. The van der Waals surface area contributed by atoms with Gasteiger partial charge in [-0.3, -0.25) is 4.79 Å². The largest absolute Gasteiger partial charge is 1.00 e. The summed E-state index contributed by atoms with van der Waals surface area (Å²) < 4.78 is 13.2. The molecule has 0 fully saturated rings. The summed E-state index contributed by atoms with van der Waals surface area (Å²) in [6.07, 6.45) is 2.29. The summed E-state index contributed by atoms with van der Waals surface area (Å²) in [5.41, 5.74) is 9.53. The van der Waals surface area contributed by atoms with Gasteiger partial charge in [-0.2, -0.15) is 0 Å². The molecular formula is C23H23N2NaO5. The predicted molar refractivity (Wildman–Crippen MR) is 109 cm³/mol. The van der Waals surface area contributed by atoms with E-state index in [1.807, 2.05) is 36.4 Å². The summed E-state index contributed by atoms with van der Waals surface area (Å²) in [4.78, 5) is 23.3. The minimum absolute atomic E-state index is 0. The molecule has 156 valence electrons. The van der Waals surface area contributed by atoms with Crippen molar-refractivity contribution in [1.29, 1.82) is 0 Å². The quantitative estimate of drug-likeness (QED) is 0.471. The predicted octanol–water partition coefficient (Wildman–Crippen LogP) is -1.26. The third-order valence-electron chi connectivity index (χ3n) is 5.61. The molecule has 0 spiro atoms. The summed E-state index contributed by atoms with van der Waals surface area (Å²) in [6, 6.07) is 13.5. The van der Waals surface area contributed by atoms with Gasteiger partial charge in [0.15, 0.2) is 0 Å². The number of aliphatic carboxylic acids is 1. The molecule has 2 aromatic carbocycles. The fraction of sp³-hybridized carbons (Fsp3) is 0.304. The Morgan fingerprint density at radius 1 is 1.23 bits per heavy atom. The summed E-state index contributed by atoms with van der Waals surface area (Å²) in [5.74, 6) is -1.28. The number of nitrogens with zero attached hydrogens (tertiary/aromatic N) is 1. The van der Waals surface area contributed by atoms with Crippen LogP contribution in [-0.2, 0) is 22.6 Å². The normalized spacial score (nSPS) is 15.1. The summed E-state index contributed by atoms with van der Waals surface area (Å²) in [5, 5.41) is 11.7. The molecule has 1 atom stereocenters. The van der Waals surface area contributed by atoms with Crippen LogP contribution in [0.15, 0.2) is 42.5 Å². The second kappa shape index (κ2) is 9.77. The fourth-order valence-electron chi connectivity index (χ4n) is 4.36. The number of primary amides is 1. The Balaban J connectivity index is 0.00000272. The Labute approximate surface area is 202 Å². The van der Waals surface area contributed by atoms with Gasteiger partial charge < -0.3 is 29.7 Å². The van der Waals surface area contributed by atoms with E-state index in [9.17, 15) is 14.7 Å². The Hall–Kier alpha value is -2.48. The first kappa shape index (κ1) is 23.2. The van der Waals surface area contributed by atoms with Crippen molar-refractivity contribution in [2.45, 2.75) is 31.7 Å². The van der Waals surface area contributed by atoms with Gasteiger partial charge >= 0.3 is 29.6 Å². The minimum atomic E-state index is -1.32. The summed E-state index contributed by atoms with van der Waals surface area (Å²) in [6.45, 7) is 0.00733. The first-order valence-corrected chi connectivity index (χ1v) is 9.88. The molecule has 0 radical (unpaired) electrons. The second-order valence-corrected chi connectivity index (χ2v) is 7.46. The molecule has 0 saturated carbocycles. The molecule has 31 heavy (non-hydrogen) atoms. The smallest absolute Gasteiger partial charge is 0.546 e. The van der Waals surface area contributed by atoms with Gasteiger partial charge in [-0.05, 0) is 30.4 Å². The van der Waals surface area contributed by atoms with E-state index in [1.54, 1.807) is 13.2 Å². The Morgan fingerprint density at radius 2 is 1.97 bits per heavy atom. The number of ether oxygens (including phenoxy) is 2. The first-order valence-electron chi connectivity index (χ1n) is 9.88. The zero-order chi connectivity index (χ0) is 21.3. The Bertz CT molecular complexity index is 1110. The van der Waals surface area contributed by atoms with Gasteiger partial charge in [0.1, 0.15) is 18.1 Å². The Morgan fingerprint density at radius 3 is 2.61 bits per heavy atom. The fourth-order valence-corrected chi connectivity index (χ4v) is 4.36. The maximum absolute atomic E-state index is 12.3. The zero-order valence-corrected chi connectivity index (χ0v) is 19.7. The maximum atomic E-state index is 12.3. The molecule has 0 aliphatic heterocycles. The molecule has 7 nitrogen and oxygen atoms in total. The van der Waals surface area contributed by atoms with Crippen LogP contribution in [0.2, 0.25) is 0 Å². The molecule has 3 aromatic rings. The molecular weight excluding hydrogens is 407 g/mol. The average Bonchev–Trinajstić information content (AvgIpc) is 3.06. The molecule has 2 N–H and O–H groups in total. The summed E-state index contributed by atoms with van der Waals surface area (Å²) >= 11 is 0. The van der Waals surface area contributed by atoms with Crippen molar-refractivity contribution in [2.24, 2.45) is 5.73 Å². The first-order chi connectivity index (χ1) is 14.5. The number of benzene rings is 2. The number of carboxylic acids is 1. The second-order valence-electron chi connectivity index (χ2n) is 7.46. The van der Waals surface area contributed by atoms with Gasteiger partial charge in [0.25, 0.3) is 0 Å². The molecule has 4 rings (SSSR count). The van der Waals surface area contributed by atoms with Crippen molar-refractivity contribution in [1.82, 2.24) is 4.57 Å². The number of aromatic nitrogens is 1. The van der Waals surface area contributed by atoms with Gasteiger partial charge in [0, 0.05) is 29.8 Å². The Kier molecular flexibility index (Phi) is 7.30. The van der Waals surface area contributed by atoms with E-state index in [2.05, 4.69) is 4.57 Å². The third-order valence-corrected chi connectivity index (χ3v) is 5.61. The number of rotatable bonds is 7. The van der Waals surface area contributed by atoms with Gasteiger partial charge in [-0.1, -0.05) is 30.3 Å². The minimum Gasteiger partial charge on any atom is -0.546 e. The van der Waals surface area contributed by atoms with Crippen molar-refractivity contribution < 1.29 is 53.7 Å². The van der Waals surface area contributed by atoms with E-state index in [0.717, 1.165) is 35.2 Å². The molecule has 1 amide bonds. The number of amides is 1. The van der Waals surface area contributed by atoms with Crippen molar-refractivity contribution in [2.75, 3.05) is 13.7 Å². The number of hydrogen-bond acceptors (Lipinski definition) is 5. The molecule has 0 saturated heterocycles. The van der Waals surface area contributed by atoms with Gasteiger partial charge in [-0.25, -0.2) is 0 Å². The maximum Gasteiger partial charge on any atom is 1.00 e. The van der Waals surface area contributed by atoms with Crippen LogP contribution in [0.25, 0.3) is 10.9 Å². The number of nitrogens with two attached hydrogens (primary N) is 1. The van der Waals surface area contributed by atoms with Crippen LogP contribution in [0.3, 0.4) is 0 Å². The molecule has 8 heteroatoms. The molecule has 0 bridgehead atoms. The monoisotopic (exact) mass is 430 g/mol. The molecule has 1 aliphatic rings. The van der Waals surface area contributed by atoms with Gasteiger partial charge in [-0.15, -0.1) is 0 Å². The number of carbonyl (C=O) groups is 2. The van der Waals surface area contributed by atoms with Crippen LogP contribution in [0, 0.1) is 0 Å². The molecule has 1 unspecified atom stereocenters. The third kappa shape index (κ3) is 4.59. The van der Waals surface area contributed by atoms with E-state index < -0.39 is 24.4 Å². The standard InChI is InChI=1S/C23H24N2O5.Na/c1-29-15-10-18-22(19(11-15)30-13-20(26)27)21-16(23(24)28)8-5-9-17(21)25(18)12-14-6-3-2-4-7-14;/h2-4,6-7,10-11,16H,5,8-9,12-13H2,1H3,(H2,24,28)(H,26,27);/q;+1/p-1. The number of methoxy groups -OCH3 is 1. The van der Waals surface area contributed by atoms with E-state index in [-0.39, 0.29) is 29.6 Å². The van der Waals surface area contributed by atoms with Crippen LogP contribution in [0.5, 0.6) is 11.5 Å². The average molecular weight is 430 g/mol. The van der Waals surface area contributed by atoms with E-state index in [0.29, 0.717) is 29.9 Å². The molecule has 1 aliphatic carbocycles. The van der Waals surface area contributed by atoms with Crippen molar-refractivity contribution in [3.63, 3.8) is 0 Å². The van der Waals surface area contributed by atoms with Crippen molar-refractivity contribution in [3.8, 4) is 11.5 Å². The van der Waals surface area contributed by atoms with Crippen molar-refractivity contribution >= 4 is 22.8 Å². The van der Waals surface area contributed by atoms with Crippen LogP contribution in [-0.4, -0.2) is 30.2 Å². The van der Waals surface area contributed by atoms with Crippen LogP contribution >= 0.6 is 0 Å². The number of hydrogen-bond donors (Lipinski definition) is 1. The molecule has 1 aromatic heterocycles. The van der Waals surface area contributed by atoms with Gasteiger partial charge in [0.2, 0.25) is 5.91 Å². The van der Waals surface area contributed by atoms with Crippen LogP contribution in [0.1, 0.15) is 35.6 Å². The summed E-state index contributed by atoms with van der Waals surface area (Å²) in [7, 11) is 1.54. The SMILES string of the molecule is COc1cc(OCC(=O)[O-])c2c3c(n(Cc4ccccc4)c2c1)CCCC3C(N)=O.[Na+].